The van der Waals surface area contributed by atoms with E-state index in [1.54, 1.807) is 0 Å². The van der Waals surface area contributed by atoms with E-state index in [4.69, 9.17) is 0 Å². The molecule has 0 unspecified atom stereocenters. The molecule has 0 bridgehead atoms. The fourth-order valence-corrected chi connectivity index (χ4v) is 2.86. The van der Waals surface area contributed by atoms with Crippen molar-refractivity contribution in [2.75, 3.05) is 19.6 Å². The Morgan fingerprint density at radius 2 is 2.00 bits per heavy atom. The third-order valence-corrected chi connectivity index (χ3v) is 3.98. The molecule has 1 fully saturated rings. The fraction of sp³-hybridized carbons (Fsp3) is 0.588. The van der Waals surface area contributed by atoms with E-state index >= 15 is 0 Å². The summed E-state index contributed by atoms with van der Waals surface area (Å²) in [6.45, 7) is 7.80. The molecule has 2 atom stereocenters. The Kier molecular flexibility index (Phi) is 4.99. The van der Waals surface area contributed by atoms with E-state index in [2.05, 4.69) is 19.2 Å². The molecule has 0 spiro atoms. The zero-order valence-corrected chi connectivity index (χ0v) is 13.1. The monoisotopic (exact) mass is 292 g/mol. The third kappa shape index (κ3) is 4.03. The maximum Gasteiger partial charge on any atom is 0.259 e. The SMILES string of the molecule is CC(C)CN1CC[C@](F)(C(=O)N[C@H](C)c2ccccc2)C1. The summed E-state index contributed by atoms with van der Waals surface area (Å²) in [6, 6.07) is 9.47. The van der Waals surface area contributed by atoms with Gasteiger partial charge >= 0.3 is 0 Å². The van der Waals surface area contributed by atoms with E-state index in [-0.39, 0.29) is 19.0 Å². The van der Waals surface area contributed by atoms with Gasteiger partial charge in [-0.1, -0.05) is 44.2 Å². The Morgan fingerprint density at radius 3 is 2.62 bits per heavy atom. The molecule has 4 heteroatoms. The van der Waals surface area contributed by atoms with E-state index in [9.17, 15) is 9.18 Å². The molecule has 0 aliphatic carbocycles. The molecule has 116 valence electrons. The van der Waals surface area contributed by atoms with Crippen LogP contribution >= 0.6 is 0 Å². The summed E-state index contributed by atoms with van der Waals surface area (Å²) in [6.07, 6.45) is 0.285. The van der Waals surface area contributed by atoms with Crippen molar-refractivity contribution >= 4 is 5.91 Å². The normalized spacial score (nSPS) is 24.2. The van der Waals surface area contributed by atoms with Gasteiger partial charge in [0.25, 0.3) is 5.91 Å². The minimum atomic E-state index is -1.75. The Morgan fingerprint density at radius 1 is 1.33 bits per heavy atom. The molecule has 0 aromatic heterocycles. The average Bonchev–Trinajstić information content (AvgIpc) is 2.81. The topological polar surface area (TPSA) is 32.3 Å². The number of halogens is 1. The molecular formula is C17H25FN2O. The molecular weight excluding hydrogens is 267 g/mol. The number of carbonyl (C=O) groups is 1. The van der Waals surface area contributed by atoms with E-state index in [0.29, 0.717) is 12.5 Å². The van der Waals surface area contributed by atoms with Crippen molar-refractivity contribution in [3.05, 3.63) is 35.9 Å². The van der Waals surface area contributed by atoms with Gasteiger partial charge in [0.15, 0.2) is 0 Å². The standard InChI is InChI=1S/C17H25FN2O/c1-13(2)11-20-10-9-17(18,12-20)16(21)19-14(3)15-7-5-4-6-8-15/h4-8,13-14H,9-12H2,1-3H3,(H,19,21)/t14-,17-/m1/s1. The predicted octanol–water partition coefficient (Wildman–Crippen LogP) is 2.93. The number of amides is 1. The molecule has 1 aliphatic rings. The molecule has 1 aromatic rings. The lowest BCUT2D eigenvalue weighted by atomic mass is 10.0. The van der Waals surface area contributed by atoms with E-state index in [0.717, 1.165) is 12.1 Å². The van der Waals surface area contributed by atoms with Crippen LogP contribution in [0, 0.1) is 5.92 Å². The molecule has 1 aliphatic heterocycles. The largest absolute Gasteiger partial charge is 0.347 e. The van der Waals surface area contributed by atoms with Crippen LogP contribution in [0.25, 0.3) is 0 Å². The first-order valence-electron chi connectivity index (χ1n) is 7.68. The van der Waals surface area contributed by atoms with Gasteiger partial charge in [0, 0.05) is 26.1 Å². The zero-order valence-electron chi connectivity index (χ0n) is 13.1. The smallest absolute Gasteiger partial charge is 0.259 e. The number of alkyl halides is 1. The number of rotatable bonds is 5. The Balaban J connectivity index is 1.94. The molecule has 1 N–H and O–H groups in total. The molecule has 0 radical (unpaired) electrons. The van der Waals surface area contributed by atoms with Gasteiger partial charge in [-0.3, -0.25) is 9.69 Å². The van der Waals surface area contributed by atoms with Crippen molar-refractivity contribution < 1.29 is 9.18 Å². The highest BCUT2D eigenvalue weighted by Crippen LogP contribution is 2.27. The van der Waals surface area contributed by atoms with Crippen molar-refractivity contribution in [2.45, 2.75) is 38.9 Å². The van der Waals surface area contributed by atoms with Crippen molar-refractivity contribution in [2.24, 2.45) is 5.92 Å². The summed E-state index contributed by atoms with van der Waals surface area (Å²) in [5.74, 6) is 0.00348. The van der Waals surface area contributed by atoms with Crippen LogP contribution in [-0.2, 0) is 4.79 Å². The summed E-state index contributed by atoms with van der Waals surface area (Å²) < 4.78 is 14.8. The van der Waals surface area contributed by atoms with Crippen LogP contribution in [0.1, 0.15) is 38.8 Å². The summed E-state index contributed by atoms with van der Waals surface area (Å²) in [4.78, 5) is 14.3. The van der Waals surface area contributed by atoms with Gasteiger partial charge < -0.3 is 5.32 Å². The number of nitrogens with zero attached hydrogens (tertiary/aromatic N) is 1. The average molecular weight is 292 g/mol. The van der Waals surface area contributed by atoms with E-state index in [1.165, 1.54) is 0 Å². The number of likely N-dealkylation sites (tertiary alicyclic amines) is 1. The number of benzene rings is 1. The zero-order chi connectivity index (χ0) is 15.5. The molecule has 1 heterocycles. The third-order valence-electron chi connectivity index (χ3n) is 3.98. The predicted molar refractivity (Wildman–Crippen MR) is 82.7 cm³/mol. The minimum Gasteiger partial charge on any atom is -0.347 e. The van der Waals surface area contributed by atoms with Gasteiger partial charge in [-0.25, -0.2) is 4.39 Å². The van der Waals surface area contributed by atoms with E-state index < -0.39 is 11.6 Å². The summed E-state index contributed by atoms with van der Waals surface area (Å²) >= 11 is 0. The molecule has 2 rings (SSSR count). The first kappa shape index (κ1) is 16.0. The lowest BCUT2D eigenvalue weighted by Crippen LogP contribution is -2.46. The summed E-state index contributed by atoms with van der Waals surface area (Å²) in [7, 11) is 0. The van der Waals surface area contributed by atoms with Crippen LogP contribution in [0.2, 0.25) is 0 Å². The summed E-state index contributed by atoms with van der Waals surface area (Å²) in [5, 5.41) is 2.81. The second kappa shape index (κ2) is 6.56. The second-order valence-electron chi connectivity index (χ2n) is 6.45. The number of hydrogen-bond donors (Lipinski definition) is 1. The van der Waals surface area contributed by atoms with Gasteiger partial charge in [0.05, 0.1) is 6.04 Å². The van der Waals surface area contributed by atoms with Crippen LogP contribution in [0.5, 0.6) is 0 Å². The molecule has 0 saturated carbocycles. The second-order valence-corrected chi connectivity index (χ2v) is 6.45. The highest BCUT2D eigenvalue weighted by molar-refractivity contribution is 5.86. The van der Waals surface area contributed by atoms with Crippen LogP contribution in [0.4, 0.5) is 4.39 Å². The van der Waals surface area contributed by atoms with Gasteiger partial charge in [0.1, 0.15) is 0 Å². The summed E-state index contributed by atoms with van der Waals surface area (Å²) in [5.41, 5.74) is -0.760. The van der Waals surface area contributed by atoms with Crippen molar-refractivity contribution in [1.29, 1.82) is 0 Å². The number of nitrogens with one attached hydrogen (secondary N) is 1. The van der Waals surface area contributed by atoms with Crippen LogP contribution in [-0.4, -0.2) is 36.1 Å². The van der Waals surface area contributed by atoms with Crippen LogP contribution < -0.4 is 5.32 Å². The minimum absolute atomic E-state index is 0.175. The van der Waals surface area contributed by atoms with Gasteiger partial charge in [-0.15, -0.1) is 0 Å². The Bertz CT molecular complexity index is 477. The fourth-order valence-electron chi connectivity index (χ4n) is 2.86. The lowest BCUT2D eigenvalue weighted by molar-refractivity contribution is -0.132. The highest BCUT2D eigenvalue weighted by Gasteiger charge is 2.45. The molecule has 1 aromatic carbocycles. The number of hydrogen-bond acceptors (Lipinski definition) is 2. The highest BCUT2D eigenvalue weighted by atomic mass is 19.1. The molecule has 1 saturated heterocycles. The van der Waals surface area contributed by atoms with Gasteiger partial charge in [0.2, 0.25) is 5.67 Å². The maximum atomic E-state index is 14.8. The lowest BCUT2D eigenvalue weighted by Gasteiger charge is -2.23. The first-order chi connectivity index (χ1) is 9.90. The molecule has 21 heavy (non-hydrogen) atoms. The number of carbonyl (C=O) groups excluding carboxylic acids is 1. The van der Waals surface area contributed by atoms with Gasteiger partial charge in [-0.2, -0.15) is 0 Å². The van der Waals surface area contributed by atoms with Gasteiger partial charge in [-0.05, 0) is 18.4 Å². The molecule has 3 nitrogen and oxygen atoms in total. The Labute approximate surface area is 126 Å². The van der Waals surface area contributed by atoms with Crippen molar-refractivity contribution in [3.8, 4) is 0 Å². The van der Waals surface area contributed by atoms with Crippen LogP contribution in [0.3, 0.4) is 0 Å². The quantitative estimate of drug-likeness (QED) is 0.905. The van der Waals surface area contributed by atoms with E-state index in [1.807, 2.05) is 42.2 Å². The van der Waals surface area contributed by atoms with Crippen LogP contribution in [0.15, 0.2) is 30.3 Å². The first-order valence-corrected chi connectivity index (χ1v) is 7.68. The maximum absolute atomic E-state index is 14.8. The van der Waals surface area contributed by atoms with Crippen molar-refractivity contribution in [1.82, 2.24) is 10.2 Å². The Hall–Kier alpha value is -1.42. The molecule has 1 amide bonds. The van der Waals surface area contributed by atoms with Crippen molar-refractivity contribution in [3.63, 3.8) is 0 Å².